The van der Waals surface area contributed by atoms with Crippen molar-refractivity contribution < 1.29 is 0 Å². The quantitative estimate of drug-likeness (QED) is 0.651. The number of anilines is 1. The third-order valence-corrected chi connectivity index (χ3v) is 5.48. The van der Waals surface area contributed by atoms with Gasteiger partial charge in [-0.3, -0.25) is 4.90 Å². The van der Waals surface area contributed by atoms with E-state index in [4.69, 9.17) is 0 Å². The van der Waals surface area contributed by atoms with Crippen molar-refractivity contribution in [3.05, 3.63) is 96.2 Å². The van der Waals surface area contributed by atoms with Crippen molar-refractivity contribution in [1.29, 1.82) is 0 Å². The average molecular weight is 358 g/mol. The van der Waals surface area contributed by atoms with Gasteiger partial charge in [0.15, 0.2) is 0 Å². The van der Waals surface area contributed by atoms with Crippen molar-refractivity contribution >= 4 is 5.82 Å². The van der Waals surface area contributed by atoms with Gasteiger partial charge >= 0.3 is 0 Å². The summed E-state index contributed by atoms with van der Waals surface area (Å²) < 4.78 is 0. The van der Waals surface area contributed by atoms with E-state index >= 15 is 0 Å². The first-order valence-electron chi connectivity index (χ1n) is 9.88. The van der Waals surface area contributed by atoms with Crippen molar-refractivity contribution in [2.45, 2.75) is 12.3 Å². The lowest BCUT2D eigenvalue weighted by molar-refractivity contribution is 0.251. The third kappa shape index (κ3) is 4.55. The van der Waals surface area contributed by atoms with Crippen molar-refractivity contribution in [2.75, 3.05) is 37.6 Å². The van der Waals surface area contributed by atoms with Gasteiger partial charge in [0, 0.05) is 38.3 Å². The summed E-state index contributed by atoms with van der Waals surface area (Å²) >= 11 is 0. The fraction of sp³-hybridized carbons (Fsp3) is 0.292. The van der Waals surface area contributed by atoms with Gasteiger partial charge in [0.1, 0.15) is 5.82 Å². The Balaban J connectivity index is 1.38. The van der Waals surface area contributed by atoms with E-state index in [1.165, 1.54) is 11.1 Å². The molecule has 2 aromatic carbocycles. The Morgan fingerprint density at radius 3 is 1.85 bits per heavy atom. The molecule has 4 rings (SSSR count). The molecule has 2 heterocycles. The Hall–Kier alpha value is -2.65. The molecule has 0 unspecified atom stereocenters. The Kier molecular flexibility index (Phi) is 5.80. The van der Waals surface area contributed by atoms with Crippen LogP contribution in [0, 0.1) is 0 Å². The van der Waals surface area contributed by atoms with E-state index in [0.29, 0.717) is 5.92 Å². The highest BCUT2D eigenvalue weighted by Gasteiger charge is 2.20. The van der Waals surface area contributed by atoms with E-state index in [1.807, 2.05) is 12.3 Å². The summed E-state index contributed by atoms with van der Waals surface area (Å²) in [5, 5.41) is 0. The second kappa shape index (κ2) is 8.83. The molecule has 3 heteroatoms. The lowest BCUT2D eigenvalue weighted by atomic mass is 9.88. The van der Waals surface area contributed by atoms with E-state index < -0.39 is 0 Å². The highest BCUT2D eigenvalue weighted by atomic mass is 15.3. The van der Waals surface area contributed by atoms with Crippen LogP contribution in [0.4, 0.5) is 5.82 Å². The third-order valence-electron chi connectivity index (χ3n) is 5.48. The number of rotatable bonds is 6. The summed E-state index contributed by atoms with van der Waals surface area (Å²) in [5.41, 5.74) is 2.83. The summed E-state index contributed by atoms with van der Waals surface area (Å²) in [6, 6.07) is 28.0. The zero-order valence-corrected chi connectivity index (χ0v) is 15.7. The minimum atomic E-state index is 0.459. The second-order valence-corrected chi connectivity index (χ2v) is 7.18. The van der Waals surface area contributed by atoms with Crippen LogP contribution in [-0.4, -0.2) is 42.6 Å². The van der Waals surface area contributed by atoms with Crippen LogP contribution in [0.15, 0.2) is 85.1 Å². The van der Waals surface area contributed by atoms with Crippen LogP contribution in [0.3, 0.4) is 0 Å². The molecule has 3 nitrogen and oxygen atoms in total. The van der Waals surface area contributed by atoms with E-state index in [0.717, 1.165) is 45.0 Å². The van der Waals surface area contributed by atoms with Crippen LogP contribution >= 0.6 is 0 Å². The molecule has 1 aliphatic rings. The first-order chi connectivity index (χ1) is 13.4. The maximum Gasteiger partial charge on any atom is 0.128 e. The number of pyridine rings is 1. The van der Waals surface area contributed by atoms with Gasteiger partial charge in [-0.2, -0.15) is 0 Å². The molecule has 0 saturated carbocycles. The first-order valence-corrected chi connectivity index (χ1v) is 9.88. The van der Waals surface area contributed by atoms with Crippen LogP contribution in [0.2, 0.25) is 0 Å². The van der Waals surface area contributed by atoms with Crippen LogP contribution in [-0.2, 0) is 0 Å². The molecular formula is C24H27N3. The Morgan fingerprint density at radius 1 is 0.704 bits per heavy atom. The number of hydrogen-bond donors (Lipinski definition) is 0. The maximum absolute atomic E-state index is 4.49. The molecule has 1 aromatic heterocycles. The molecule has 3 aromatic rings. The summed E-state index contributed by atoms with van der Waals surface area (Å²) in [5.74, 6) is 1.56. The van der Waals surface area contributed by atoms with Crippen LogP contribution in [0.1, 0.15) is 23.5 Å². The molecule has 0 radical (unpaired) electrons. The number of piperazine rings is 1. The largest absolute Gasteiger partial charge is 0.354 e. The molecule has 138 valence electrons. The Morgan fingerprint density at radius 2 is 1.30 bits per heavy atom. The molecule has 0 N–H and O–H groups in total. The molecule has 0 aliphatic carbocycles. The number of hydrogen-bond acceptors (Lipinski definition) is 3. The van der Waals surface area contributed by atoms with Gasteiger partial charge in [-0.1, -0.05) is 66.7 Å². The van der Waals surface area contributed by atoms with Gasteiger partial charge in [-0.05, 0) is 36.2 Å². The zero-order chi connectivity index (χ0) is 18.3. The number of nitrogens with zero attached hydrogens (tertiary/aromatic N) is 3. The molecule has 1 fully saturated rings. The molecule has 0 spiro atoms. The van der Waals surface area contributed by atoms with Crippen molar-refractivity contribution in [2.24, 2.45) is 0 Å². The normalized spacial score (nSPS) is 15.2. The summed E-state index contributed by atoms with van der Waals surface area (Å²) in [6.45, 7) is 5.45. The monoisotopic (exact) mass is 357 g/mol. The smallest absolute Gasteiger partial charge is 0.128 e. The number of benzene rings is 2. The summed E-state index contributed by atoms with van der Waals surface area (Å²) in [7, 11) is 0. The van der Waals surface area contributed by atoms with E-state index in [-0.39, 0.29) is 0 Å². The first kappa shape index (κ1) is 17.7. The van der Waals surface area contributed by atoms with Crippen molar-refractivity contribution in [3.63, 3.8) is 0 Å². The summed E-state index contributed by atoms with van der Waals surface area (Å²) in [6.07, 6.45) is 3.03. The van der Waals surface area contributed by atoms with Crippen LogP contribution in [0.5, 0.6) is 0 Å². The van der Waals surface area contributed by atoms with Crippen LogP contribution in [0.25, 0.3) is 0 Å². The van der Waals surface area contributed by atoms with Crippen LogP contribution < -0.4 is 4.90 Å². The second-order valence-electron chi connectivity index (χ2n) is 7.18. The Bertz CT molecular complexity index is 757. The van der Waals surface area contributed by atoms with E-state index in [9.17, 15) is 0 Å². The predicted octanol–water partition coefficient (Wildman–Crippen LogP) is 4.43. The van der Waals surface area contributed by atoms with Gasteiger partial charge in [0.2, 0.25) is 0 Å². The number of aromatic nitrogens is 1. The van der Waals surface area contributed by atoms with E-state index in [2.05, 4.69) is 87.6 Å². The average Bonchev–Trinajstić information content (AvgIpc) is 2.76. The SMILES string of the molecule is c1ccc(C(CCN2CCN(c3ccccn3)CC2)c2ccccc2)cc1. The predicted molar refractivity (Wildman–Crippen MR) is 112 cm³/mol. The lowest BCUT2D eigenvalue weighted by Crippen LogP contribution is -2.47. The maximum atomic E-state index is 4.49. The topological polar surface area (TPSA) is 19.4 Å². The fourth-order valence-electron chi connectivity index (χ4n) is 3.95. The molecule has 27 heavy (non-hydrogen) atoms. The van der Waals surface area contributed by atoms with Gasteiger partial charge in [0.25, 0.3) is 0 Å². The van der Waals surface area contributed by atoms with Gasteiger partial charge in [0.05, 0.1) is 0 Å². The van der Waals surface area contributed by atoms with Crippen molar-refractivity contribution in [3.8, 4) is 0 Å². The molecule has 0 amide bonds. The van der Waals surface area contributed by atoms with E-state index in [1.54, 1.807) is 0 Å². The molecular weight excluding hydrogens is 330 g/mol. The highest BCUT2D eigenvalue weighted by Crippen LogP contribution is 2.28. The standard InChI is InChI=1S/C24H27N3/c1-3-9-21(10-4-1)23(22-11-5-2-6-12-22)14-16-26-17-19-27(20-18-26)24-13-7-8-15-25-24/h1-13,15,23H,14,16-20H2. The lowest BCUT2D eigenvalue weighted by Gasteiger charge is -2.36. The van der Waals surface area contributed by atoms with Gasteiger partial charge < -0.3 is 4.90 Å². The fourth-order valence-corrected chi connectivity index (χ4v) is 3.95. The molecule has 1 saturated heterocycles. The Labute approximate surface area is 162 Å². The highest BCUT2D eigenvalue weighted by molar-refractivity contribution is 5.38. The molecule has 0 atom stereocenters. The molecule has 1 aliphatic heterocycles. The zero-order valence-electron chi connectivity index (χ0n) is 15.7. The minimum Gasteiger partial charge on any atom is -0.354 e. The van der Waals surface area contributed by atoms with Gasteiger partial charge in [-0.15, -0.1) is 0 Å². The van der Waals surface area contributed by atoms with Gasteiger partial charge in [-0.25, -0.2) is 4.98 Å². The van der Waals surface area contributed by atoms with Crippen molar-refractivity contribution in [1.82, 2.24) is 9.88 Å². The minimum absolute atomic E-state index is 0.459. The summed E-state index contributed by atoms with van der Waals surface area (Å²) in [4.78, 5) is 9.48. The molecule has 0 bridgehead atoms.